The molecule has 0 saturated heterocycles. The lowest BCUT2D eigenvalue weighted by Crippen LogP contribution is -2.27. The summed E-state index contributed by atoms with van der Waals surface area (Å²) >= 11 is 0. The Morgan fingerprint density at radius 3 is 2.29 bits per heavy atom. The number of rotatable bonds is 5. The van der Waals surface area contributed by atoms with Gasteiger partial charge in [0.1, 0.15) is 0 Å². The third-order valence-electron chi connectivity index (χ3n) is 2.55. The predicted octanol–water partition coefficient (Wildman–Crippen LogP) is 1.98. The summed E-state index contributed by atoms with van der Waals surface area (Å²) in [5.41, 5.74) is 3.01. The van der Waals surface area contributed by atoms with E-state index in [1.807, 2.05) is 40.1 Å². The fraction of sp³-hybridized carbons (Fsp3) is 0.500. The van der Waals surface area contributed by atoms with Gasteiger partial charge in [-0.1, -0.05) is 17.2 Å². The van der Waals surface area contributed by atoms with E-state index in [1.54, 1.807) is 0 Å². The summed E-state index contributed by atoms with van der Waals surface area (Å²) in [4.78, 5) is 14.0. The molecule has 1 amide bonds. The van der Waals surface area contributed by atoms with E-state index >= 15 is 0 Å². The number of carbonyl (C=O) groups excluding carboxylic acids is 1. The molecular weight excluding hydrogens is 212 g/mol. The molecule has 17 heavy (non-hydrogen) atoms. The Labute approximate surface area is 104 Å². The highest BCUT2D eigenvalue weighted by Crippen LogP contribution is 2.08. The number of carbonyl (C=O) groups is 1. The third kappa shape index (κ3) is 5.00. The number of benzene rings is 1. The highest BCUT2D eigenvalue weighted by atomic mass is 16.1. The molecule has 3 nitrogen and oxygen atoms in total. The van der Waals surface area contributed by atoms with Crippen molar-refractivity contribution >= 4 is 5.91 Å². The molecule has 0 atom stereocenters. The maximum absolute atomic E-state index is 11.9. The highest BCUT2D eigenvalue weighted by molar-refractivity contribution is 5.94. The normalized spacial score (nSPS) is 10.6. The number of nitrogens with one attached hydrogen (secondary N) is 1. The zero-order valence-corrected chi connectivity index (χ0v) is 11.2. The molecule has 0 heterocycles. The van der Waals surface area contributed by atoms with Crippen molar-refractivity contribution in [1.29, 1.82) is 0 Å². The molecule has 1 N–H and O–H groups in total. The zero-order valence-electron chi connectivity index (χ0n) is 11.2. The molecule has 0 fully saturated rings. The van der Waals surface area contributed by atoms with Crippen molar-refractivity contribution in [2.75, 3.05) is 27.2 Å². The van der Waals surface area contributed by atoms with Crippen LogP contribution in [0.3, 0.4) is 0 Å². The van der Waals surface area contributed by atoms with E-state index in [2.05, 4.69) is 16.3 Å². The summed E-state index contributed by atoms with van der Waals surface area (Å²) in [5.74, 6) is 0.0237. The first kappa shape index (κ1) is 13.7. The van der Waals surface area contributed by atoms with E-state index in [9.17, 15) is 4.79 Å². The van der Waals surface area contributed by atoms with Crippen LogP contribution in [0.1, 0.15) is 27.9 Å². The Morgan fingerprint density at radius 1 is 1.18 bits per heavy atom. The molecule has 0 saturated carbocycles. The first-order chi connectivity index (χ1) is 7.99. The molecule has 0 unspecified atom stereocenters. The topological polar surface area (TPSA) is 32.3 Å². The maximum atomic E-state index is 11.9. The number of hydrogen-bond acceptors (Lipinski definition) is 2. The minimum atomic E-state index is 0.0237. The van der Waals surface area contributed by atoms with Gasteiger partial charge in [-0.25, -0.2) is 0 Å². The molecule has 1 aromatic carbocycles. The van der Waals surface area contributed by atoms with Crippen molar-refractivity contribution in [1.82, 2.24) is 10.2 Å². The van der Waals surface area contributed by atoms with Crippen LogP contribution in [0.2, 0.25) is 0 Å². The van der Waals surface area contributed by atoms with Crippen LogP contribution in [0.15, 0.2) is 18.2 Å². The molecule has 3 heteroatoms. The lowest BCUT2D eigenvalue weighted by molar-refractivity contribution is 0.0952. The Kier molecular flexibility index (Phi) is 5.16. The van der Waals surface area contributed by atoms with Crippen molar-refractivity contribution in [3.05, 3.63) is 34.9 Å². The Morgan fingerprint density at radius 2 is 1.76 bits per heavy atom. The predicted molar refractivity (Wildman–Crippen MR) is 71.4 cm³/mol. The van der Waals surface area contributed by atoms with Crippen LogP contribution in [0.5, 0.6) is 0 Å². The first-order valence-corrected chi connectivity index (χ1v) is 6.00. The molecule has 0 radical (unpaired) electrons. The van der Waals surface area contributed by atoms with Crippen LogP contribution in [0.25, 0.3) is 0 Å². The fourth-order valence-electron chi connectivity index (χ4n) is 1.81. The third-order valence-corrected chi connectivity index (χ3v) is 2.55. The zero-order chi connectivity index (χ0) is 12.8. The Balaban J connectivity index is 2.47. The Bertz CT molecular complexity index is 366. The number of nitrogens with zero attached hydrogens (tertiary/aromatic N) is 1. The van der Waals surface area contributed by atoms with Gasteiger partial charge in [-0.05, 0) is 53.0 Å². The number of amides is 1. The van der Waals surface area contributed by atoms with Crippen molar-refractivity contribution in [3.8, 4) is 0 Å². The summed E-state index contributed by atoms with van der Waals surface area (Å²) in [6.45, 7) is 5.74. The largest absolute Gasteiger partial charge is 0.352 e. The number of hydrogen-bond donors (Lipinski definition) is 1. The van der Waals surface area contributed by atoms with Gasteiger partial charge in [0.25, 0.3) is 5.91 Å². The van der Waals surface area contributed by atoms with Crippen LogP contribution in [-0.4, -0.2) is 38.0 Å². The summed E-state index contributed by atoms with van der Waals surface area (Å²) in [6.07, 6.45) is 0.976. The van der Waals surface area contributed by atoms with Crippen LogP contribution < -0.4 is 5.32 Å². The van der Waals surface area contributed by atoms with Gasteiger partial charge in [-0.2, -0.15) is 0 Å². The van der Waals surface area contributed by atoms with Crippen LogP contribution in [-0.2, 0) is 0 Å². The standard InChI is InChI=1S/C14H22N2O/c1-11-8-12(2)10-13(9-11)14(17)15-6-5-7-16(3)4/h8-10H,5-7H2,1-4H3,(H,15,17). The molecule has 0 aliphatic rings. The first-order valence-electron chi connectivity index (χ1n) is 6.00. The molecule has 0 aliphatic carbocycles. The van der Waals surface area contributed by atoms with E-state index < -0.39 is 0 Å². The SMILES string of the molecule is Cc1cc(C)cc(C(=O)NCCCN(C)C)c1. The van der Waals surface area contributed by atoms with Crippen LogP contribution >= 0.6 is 0 Å². The molecule has 1 rings (SSSR count). The summed E-state index contributed by atoms with van der Waals surface area (Å²) in [7, 11) is 4.07. The average molecular weight is 234 g/mol. The van der Waals surface area contributed by atoms with Gasteiger partial charge in [0.15, 0.2) is 0 Å². The second-order valence-electron chi connectivity index (χ2n) is 4.79. The molecule has 94 valence electrons. The quantitative estimate of drug-likeness (QED) is 0.790. The molecule has 0 bridgehead atoms. The van der Waals surface area contributed by atoms with E-state index in [4.69, 9.17) is 0 Å². The highest BCUT2D eigenvalue weighted by Gasteiger charge is 2.05. The van der Waals surface area contributed by atoms with Crippen LogP contribution in [0, 0.1) is 13.8 Å². The summed E-state index contributed by atoms with van der Waals surface area (Å²) in [6, 6.07) is 5.92. The molecular formula is C14H22N2O. The lowest BCUT2D eigenvalue weighted by atomic mass is 10.1. The van der Waals surface area contributed by atoms with Gasteiger partial charge < -0.3 is 10.2 Å². The van der Waals surface area contributed by atoms with Gasteiger partial charge in [0.2, 0.25) is 0 Å². The van der Waals surface area contributed by atoms with Crippen molar-refractivity contribution < 1.29 is 4.79 Å². The van der Waals surface area contributed by atoms with Gasteiger partial charge in [-0.15, -0.1) is 0 Å². The molecule has 0 aromatic heterocycles. The van der Waals surface area contributed by atoms with E-state index in [0.717, 1.165) is 36.2 Å². The maximum Gasteiger partial charge on any atom is 0.251 e. The van der Waals surface area contributed by atoms with Crippen LogP contribution in [0.4, 0.5) is 0 Å². The van der Waals surface area contributed by atoms with Crippen molar-refractivity contribution in [2.24, 2.45) is 0 Å². The summed E-state index contributed by atoms with van der Waals surface area (Å²) < 4.78 is 0. The van der Waals surface area contributed by atoms with Gasteiger partial charge in [-0.3, -0.25) is 4.79 Å². The van der Waals surface area contributed by atoms with Crippen molar-refractivity contribution in [2.45, 2.75) is 20.3 Å². The number of aryl methyl sites for hydroxylation is 2. The minimum Gasteiger partial charge on any atom is -0.352 e. The second kappa shape index (κ2) is 6.40. The monoisotopic (exact) mass is 234 g/mol. The smallest absolute Gasteiger partial charge is 0.251 e. The van der Waals surface area contributed by atoms with Crippen molar-refractivity contribution in [3.63, 3.8) is 0 Å². The molecule has 1 aromatic rings. The molecule has 0 spiro atoms. The van der Waals surface area contributed by atoms with Gasteiger partial charge in [0, 0.05) is 12.1 Å². The van der Waals surface area contributed by atoms with E-state index in [1.165, 1.54) is 0 Å². The van der Waals surface area contributed by atoms with E-state index in [-0.39, 0.29) is 5.91 Å². The van der Waals surface area contributed by atoms with Gasteiger partial charge in [0.05, 0.1) is 0 Å². The fourth-order valence-corrected chi connectivity index (χ4v) is 1.81. The average Bonchev–Trinajstić information content (AvgIpc) is 2.22. The van der Waals surface area contributed by atoms with Gasteiger partial charge >= 0.3 is 0 Å². The summed E-state index contributed by atoms with van der Waals surface area (Å²) in [5, 5.41) is 2.94. The lowest BCUT2D eigenvalue weighted by Gasteiger charge is -2.10. The Hall–Kier alpha value is -1.35. The van der Waals surface area contributed by atoms with E-state index in [0.29, 0.717) is 0 Å². The minimum absolute atomic E-state index is 0.0237. The molecule has 0 aliphatic heterocycles. The second-order valence-corrected chi connectivity index (χ2v) is 4.79.